The van der Waals surface area contributed by atoms with Crippen molar-refractivity contribution < 1.29 is 13.9 Å². The van der Waals surface area contributed by atoms with Gasteiger partial charge in [-0.15, -0.1) is 12.6 Å². The summed E-state index contributed by atoms with van der Waals surface area (Å²) in [6.07, 6.45) is 1.35. The van der Waals surface area contributed by atoms with E-state index in [0.717, 1.165) is 0 Å². The van der Waals surface area contributed by atoms with E-state index in [2.05, 4.69) is 17.4 Å². The molecule has 0 unspecified atom stereocenters. The molecule has 1 heterocycles. The van der Waals surface area contributed by atoms with E-state index in [1.54, 1.807) is 6.92 Å². The van der Waals surface area contributed by atoms with Crippen molar-refractivity contribution in [3.8, 4) is 11.8 Å². The Kier molecular flexibility index (Phi) is 3.91. The molecule has 2 rings (SSSR count). The number of halogens is 1. The number of methoxy groups -OCH3 is 1. The van der Waals surface area contributed by atoms with Gasteiger partial charge in [-0.1, -0.05) is 0 Å². The third-order valence-corrected chi connectivity index (χ3v) is 3.42. The Bertz CT molecular complexity index is 778. The number of nitrogen functional groups attached to an aromatic ring is 1. The van der Waals surface area contributed by atoms with Gasteiger partial charge in [0.1, 0.15) is 11.9 Å². The Morgan fingerprint density at radius 3 is 2.76 bits per heavy atom. The van der Waals surface area contributed by atoms with Gasteiger partial charge in [0, 0.05) is 11.1 Å². The van der Waals surface area contributed by atoms with Crippen molar-refractivity contribution in [2.45, 2.75) is 11.8 Å². The van der Waals surface area contributed by atoms with Crippen molar-refractivity contribution >= 4 is 24.3 Å². The monoisotopic (exact) mass is 305 g/mol. The summed E-state index contributed by atoms with van der Waals surface area (Å²) < 4.78 is 19.8. The van der Waals surface area contributed by atoms with Crippen molar-refractivity contribution in [1.29, 1.82) is 5.26 Å². The van der Waals surface area contributed by atoms with Gasteiger partial charge < -0.3 is 15.0 Å². The molecular weight excluding hydrogens is 293 g/mol. The van der Waals surface area contributed by atoms with Gasteiger partial charge in [-0.3, -0.25) is 0 Å². The van der Waals surface area contributed by atoms with Crippen molar-refractivity contribution in [1.82, 2.24) is 4.57 Å². The predicted octanol–water partition coefficient (Wildman–Crippen LogP) is 2.45. The molecule has 5 nitrogen and oxygen atoms in total. The first-order valence-electron chi connectivity index (χ1n) is 5.89. The Morgan fingerprint density at radius 2 is 2.19 bits per heavy atom. The molecule has 7 heteroatoms. The molecule has 21 heavy (non-hydrogen) atoms. The molecule has 0 aliphatic rings. The van der Waals surface area contributed by atoms with Gasteiger partial charge in [0.05, 0.1) is 24.0 Å². The van der Waals surface area contributed by atoms with Gasteiger partial charge in [-0.05, 0) is 24.6 Å². The van der Waals surface area contributed by atoms with E-state index in [0.29, 0.717) is 16.1 Å². The number of thiol groups is 1. The van der Waals surface area contributed by atoms with Gasteiger partial charge in [0.2, 0.25) is 0 Å². The number of carbonyl (C=O) groups is 1. The predicted molar refractivity (Wildman–Crippen MR) is 78.2 cm³/mol. The van der Waals surface area contributed by atoms with Crippen LogP contribution in [0.1, 0.15) is 21.6 Å². The van der Waals surface area contributed by atoms with Crippen molar-refractivity contribution in [3.63, 3.8) is 0 Å². The maximum absolute atomic E-state index is 13.8. The number of ether oxygens (including phenoxy) is 1. The number of hydrogen-bond acceptors (Lipinski definition) is 5. The topological polar surface area (TPSA) is 81.0 Å². The van der Waals surface area contributed by atoms with Gasteiger partial charge in [0.15, 0.2) is 5.69 Å². The third-order valence-electron chi connectivity index (χ3n) is 3.06. The second-order valence-corrected chi connectivity index (χ2v) is 4.85. The lowest BCUT2D eigenvalue weighted by molar-refractivity contribution is 0.0593. The third kappa shape index (κ3) is 2.45. The summed E-state index contributed by atoms with van der Waals surface area (Å²) in [7, 11) is 1.20. The lowest BCUT2D eigenvalue weighted by Crippen LogP contribution is -2.11. The molecule has 0 bridgehead atoms. The van der Waals surface area contributed by atoms with Gasteiger partial charge in [0.25, 0.3) is 0 Å². The zero-order valence-corrected chi connectivity index (χ0v) is 12.2. The fourth-order valence-corrected chi connectivity index (χ4v) is 2.32. The molecule has 2 N–H and O–H groups in total. The van der Waals surface area contributed by atoms with Crippen LogP contribution in [0.4, 0.5) is 10.1 Å². The molecule has 1 aromatic carbocycles. The van der Waals surface area contributed by atoms with Gasteiger partial charge in [-0.25, -0.2) is 9.18 Å². The minimum Gasteiger partial charge on any atom is -0.464 e. The van der Waals surface area contributed by atoms with Crippen LogP contribution < -0.4 is 5.73 Å². The number of anilines is 1. The highest BCUT2D eigenvalue weighted by atomic mass is 32.1. The average Bonchev–Trinajstić information content (AvgIpc) is 2.78. The minimum absolute atomic E-state index is 0.0157. The first kappa shape index (κ1) is 14.9. The van der Waals surface area contributed by atoms with Crippen LogP contribution in [0.15, 0.2) is 23.2 Å². The highest BCUT2D eigenvalue weighted by Crippen LogP contribution is 2.29. The van der Waals surface area contributed by atoms with Crippen LogP contribution in [0.2, 0.25) is 0 Å². The normalized spacial score (nSPS) is 10.2. The number of nitrogens with two attached hydrogens (primary N) is 1. The molecule has 0 spiro atoms. The van der Waals surface area contributed by atoms with Crippen LogP contribution in [-0.4, -0.2) is 17.6 Å². The molecule has 0 aliphatic carbocycles. The molecule has 0 fully saturated rings. The fraction of sp³-hybridized carbons (Fsp3) is 0.143. The van der Waals surface area contributed by atoms with Gasteiger partial charge >= 0.3 is 5.97 Å². The molecule has 1 aromatic heterocycles. The van der Waals surface area contributed by atoms with Gasteiger partial charge in [-0.2, -0.15) is 5.26 Å². The van der Waals surface area contributed by atoms with Crippen molar-refractivity contribution in [2.75, 3.05) is 12.8 Å². The lowest BCUT2D eigenvalue weighted by atomic mass is 10.2. The summed E-state index contributed by atoms with van der Waals surface area (Å²) >= 11 is 4.28. The quantitative estimate of drug-likeness (QED) is 0.659. The summed E-state index contributed by atoms with van der Waals surface area (Å²) in [5, 5.41) is 9.04. The standard InChI is InChI=1S/C14H12FN3O2S/c1-7-3-11(21)10(4-9(7)15)18-6-8(5-16)12(17)13(18)14(19)20-2/h3-4,6,21H,17H2,1-2H3. The first-order valence-corrected chi connectivity index (χ1v) is 6.34. The zero-order valence-electron chi connectivity index (χ0n) is 11.3. The van der Waals surface area contributed by atoms with Crippen LogP contribution in [0.5, 0.6) is 0 Å². The highest BCUT2D eigenvalue weighted by Gasteiger charge is 2.23. The smallest absolute Gasteiger partial charge is 0.357 e. The molecule has 0 amide bonds. The molecule has 0 saturated heterocycles. The summed E-state index contributed by atoms with van der Waals surface area (Å²) in [5.74, 6) is -1.17. The van der Waals surface area contributed by atoms with E-state index in [4.69, 9.17) is 11.0 Å². The largest absolute Gasteiger partial charge is 0.464 e. The Labute approximate surface area is 126 Å². The summed E-state index contributed by atoms with van der Waals surface area (Å²) in [6.45, 7) is 1.60. The lowest BCUT2D eigenvalue weighted by Gasteiger charge is -2.12. The molecule has 0 saturated carbocycles. The second-order valence-electron chi connectivity index (χ2n) is 4.37. The highest BCUT2D eigenvalue weighted by molar-refractivity contribution is 7.80. The number of rotatable bonds is 2. The zero-order chi connectivity index (χ0) is 15.7. The molecule has 0 radical (unpaired) electrons. The van der Waals surface area contributed by atoms with Crippen LogP contribution in [-0.2, 0) is 4.74 Å². The number of nitriles is 1. The molecule has 0 atom stereocenters. The number of aromatic nitrogens is 1. The number of esters is 1. The second kappa shape index (κ2) is 5.50. The number of hydrogen-bond donors (Lipinski definition) is 2. The maximum atomic E-state index is 13.8. The summed E-state index contributed by atoms with van der Waals surface area (Å²) in [4.78, 5) is 12.3. The number of carbonyl (C=O) groups excluding carboxylic acids is 1. The van der Waals surface area contributed by atoms with E-state index in [1.807, 2.05) is 6.07 Å². The minimum atomic E-state index is -0.720. The summed E-state index contributed by atoms with van der Waals surface area (Å²) in [6, 6.07) is 4.63. The molecule has 0 aliphatic heterocycles. The maximum Gasteiger partial charge on any atom is 0.357 e. The van der Waals surface area contributed by atoms with E-state index in [1.165, 1.54) is 30.0 Å². The van der Waals surface area contributed by atoms with Crippen LogP contribution in [0.3, 0.4) is 0 Å². The summed E-state index contributed by atoms with van der Waals surface area (Å²) in [5.41, 5.74) is 6.56. The number of nitrogens with zero attached hydrogens (tertiary/aromatic N) is 2. The van der Waals surface area contributed by atoms with E-state index in [9.17, 15) is 9.18 Å². The molecule has 108 valence electrons. The average molecular weight is 305 g/mol. The fourth-order valence-electron chi connectivity index (χ4n) is 1.95. The van der Waals surface area contributed by atoms with E-state index < -0.39 is 11.8 Å². The Hall–Kier alpha value is -2.46. The Morgan fingerprint density at radius 1 is 1.52 bits per heavy atom. The SMILES string of the molecule is COC(=O)c1c(N)c(C#N)cn1-c1cc(F)c(C)cc1S. The van der Waals surface area contributed by atoms with E-state index >= 15 is 0 Å². The van der Waals surface area contributed by atoms with Crippen molar-refractivity contribution in [2.24, 2.45) is 0 Å². The van der Waals surface area contributed by atoms with Crippen molar-refractivity contribution in [3.05, 3.63) is 41.0 Å². The Balaban J connectivity index is 2.78. The molecular formula is C14H12FN3O2S. The van der Waals surface area contributed by atoms with Crippen LogP contribution >= 0.6 is 12.6 Å². The van der Waals surface area contributed by atoms with Crippen LogP contribution in [0.25, 0.3) is 5.69 Å². The first-order chi connectivity index (χ1) is 9.90. The number of aryl methyl sites for hydroxylation is 1. The van der Waals surface area contributed by atoms with E-state index in [-0.39, 0.29) is 16.9 Å². The molecule has 2 aromatic rings. The number of benzene rings is 1. The van der Waals surface area contributed by atoms with Crippen LogP contribution in [0, 0.1) is 24.1 Å².